The molecule has 0 aliphatic heterocycles. The van der Waals surface area contributed by atoms with Crippen molar-refractivity contribution in [3.63, 3.8) is 0 Å². The number of benzene rings is 3. The van der Waals surface area contributed by atoms with E-state index in [4.69, 9.17) is 24.9 Å². The van der Waals surface area contributed by atoms with Crippen molar-refractivity contribution in [2.45, 2.75) is 22.0 Å². The first kappa shape index (κ1) is 21.3. The number of rotatable bonds is 6. The maximum Gasteiger partial charge on any atom is 0.336 e. The van der Waals surface area contributed by atoms with Crippen LogP contribution < -0.4 is 5.63 Å². The highest BCUT2D eigenvalue weighted by Crippen LogP contribution is 2.32. The van der Waals surface area contributed by atoms with Gasteiger partial charge in [0.1, 0.15) is 11.1 Å². The molecule has 0 amide bonds. The average Bonchev–Trinajstić information content (AvgIpc) is 3.46. The number of nitrogens with zero attached hydrogens (tertiary/aromatic N) is 3. The third-order valence-corrected chi connectivity index (χ3v) is 7.08. The molecule has 6 aromatic rings. The molecule has 0 N–H and O–H groups in total. The second-order valence-electron chi connectivity index (χ2n) is 7.38. The summed E-state index contributed by atoms with van der Waals surface area (Å²) in [5.41, 5.74) is 2.39. The highest BCUT2D eigenvalue weighted by atomic mass is 35.5. The zero-order chi connectivity index (χ0) is 23.1. The van der Waals surface area contributed by atoms with Crippen LogP contribution in [0.3, 0.4) is 0 Å². The van der Waals surface area contributed by atoms with Gasteiger partial charge in [-0.1, -0.05) is 65.5 Å². The van der Waals surface area contributed by atoms with Crippen LogP contribution in [0, 0.1) is 0 Å². The monoisotopic (exact) mass is 507 g/mol. The second-order valence-corrected chi connectivity index (χ2v) is 9.67. The van der Waals surface area contributed by atoms with Crippen LogP contribution in [0.1, 0.15) is 11.5 Å². The van der Waals surface area contributed by atoms with Gasteiger partial charge >= 0.3 is 5.63 Å². The molecule has 0 saturated heterocycles. The lowest BCUT2D eigenvalue weighted by Gasteiger charge is -2.07. The molecule has 10 heteroatoms. The lowest BCUT2D eigenvalue weighted by molar-refractivity contribution is 0.425. The van der Waals surface area contributed by atoms with Crippen LogP contribution in [0.25, 0.3) is 32.8 Å². The van der Waals surface area contributed by atoms with Crippen LogP contribution in [0.5, 0.6) is 0 Å². The molecule has 0 aliphatic rings. The Labute approximate surface area is 205 Å². The van der Waals surface area contributed by atoms with Crippen LogP contribution in [0.2, 0.25) is 5.02 Å². The first-order valence-electron chi connectivity index (χ1n) is 10.2. The van der Waals surface area contributed by atoms with Gasteiger partial charge in [-0.3, -0.25) is 0 Å². The summed E-state index contributed by atoms with van der Waals surface area (Å²) >= 11 is 8.73. The summed E-state index contributed by atoms with van der Waals surface area (Å²) in [6, 6.07) is 18.6. The lowest BCUT2D eigenvalue weighted by Crippen LogP contribution is -2.00. The first-order valence-corrected chi connectivity index (χ1v) is 12.6. The van der Waals surface area contributed by atoms with E-state index in [-0.39, 0.29) is 5.63 Å². The molecule has 3 heterocycles. The largest absolute Gasteiger partial charge is 0.431 e. The van der Waals surface area contributed by atoms with Gasteiger partial charge in [0.15, 0.2) is 5.58 Å². The molecule has 7 nitrogen and oxygen atoms in total. The van der Waals surface area contributed by atoms with Crippen LogP contribution >= 0.6 is 35.1 Å². The van der Waals surface area contributed by atoms with Crippen LogP contribution in [-0.4, -0.2) is 15.2 Å². The number of fused-ring (bicyclic) bond motifs is 4. The van der Waals surface area contributed by atoms with Gasteiger partial charge in [-0.25, -0.2) is 9.78 Å². The third-order valence-electron chi connectivity index (χ3n) is 5.16. The van der Waals surface area contributed by atoms with Gasteiger partial charge < -0.3 is 13.3 Å². The topological polar surface area (TPSA) is 95.2 Å². The molecule has 0 radical (unpaired) electrons. The van der Waals surface area contributed by atoms with E-state index in [9.17, 15) is 4.79 Å². The summed E-state index contributed by atoms with van der Waals surface area (Å²) in [6.07, 6.45) is 0. The first-order chi connectivity index (χ1) is 16.6. The minimum Gasteiger partial charge on any atom is -0.431 e. The van der Waals surface area contributed by atoms with Crippen molar-refractivity contribution in [3.05, 3.63) is 87.6 Å². The van der Waals surface area contributed by atoms with E-state index in [0.717, 1.165) is 21.7 Å². The molecular formula is C24H14ClN3O4S2. The van der Waals surface area contributed by atoms with Crippen molar-refractivity contribution in [2.75, 3.05) is 0 Å². The molecule has 168 valence electrons. The fraction of sp³-hybridized carbons (Fsp3) is 0.0833. The summed E-state index contributed by atoms with van der Waals surface area (Å²) in [5.74, 6) is 1.35. The Morgan fingerprint density at radius 2 is 1.68 bits per heavy atom. The predicted molar refractivity (Wildman–Crippen MR) is 132 cm³/mol. The Bertz CT molecular complexity index is 1730. The molecule has 0 bridgehead atoms. The molecule has 0 aliphatic carbocycles. The highest BCUT2D eigenvalue weighted by molar-refractivity contribution is 7.98. The van der Waals surface area contributed by atoms with Crippen LogP contribution in [0.4, 0.5) is 0 Å². The molecular weight excluding hydrogens is 494 g/mol. The van der Waals surface area contributed by atoms with Crippen LogP contribution in [0.15, 0.2) is 89.2 Å². The van der Waals surface area contributed by atoms with Crippen molar-refractivity contribution < 1.29 is 13.3 Å². The number of oxazole rings is 1. The Balaban J connectivity index is 1.19. The third kappa shape index (κ3) is 4.18. The Kier molecular flexibility index (Phi) is 5.52. The molecule has 0 unspecified atom stereocenters. The standard InChI is InChI=1S/C24H14ClN3O4S2/c25-15-6-8-18-17(10-15)26-23(31-18)34-12-20-27-28-24(32-20)33-11-14-9-21(29)30-19-7-5-13-3-1-2-4-16(13)22(14)19/h1-10H,11-12H2. The number of hydrogen-bond acceptors (Lipinski definition) is 9. The van der Waals surface area contributed by atoms with Crippen molar-refractivity contribution in [3.8, 4) is 0 Å². The normalized spacial score (nSPS) is 11.7. The summed E-state index contributed by atoms with van der Waals surface area (Å²) in [6.45, 7) is 0. The van der Waals surface area contributed by atoms with Crippen LogP contribution in [-0.2, 0) is 11.5 Å². The minimum absolute atomic E-state index is 0.388. The maximum atomic E-state index is 12.1. The van der Waals surface area contributed by atoms with Crippen molar-refractivity contribution in [1.29, 1.82) is 0 Å². The fourth-order valence-corrected chi connectivity index (χ4v) is 5.29. The van der Waals surface area contributed by atoms with Gasteiger partial charge in [0, 0.05) is 22.2 Å². The molecule has 0 atom stereocenters. The van der Waals surface area contributed by atoms with Crippen molar-refractivity contribution in [2.24, 2.45) is 0 Å². The number of halogens is 1. The Morgan fingerprint density at radius 3 is 2.62 bits per heavy atom. The molecule has 3 aromatic carbocycles. The number of thioether (sulfide) groups is 2. The van der Waals surface area contributed by atoms with Gasteiger partial charge in [-0.05, 0) is 40.6 Å². The van der Waals surface area contributed by atoms with E-state index in [0.29, 0.717) is 49.5 Å². The fourth-order valence-electron chi connectivity index (χ4n) is 3.69. The molecule has 0 fully saturated rings. The Hall–Kier alpha value is -3.27. The van der Waals surface area contributed by atoms with Gasteiger partial charge in [0.25, 0.3) is 10.4 Å². The number of aromatic nitrogens is 3. The second kappa shape index (κ2) is 8.83. The van der Waals surface area contributed by atoms with Crippen molar-refractivity contribution >= 4 is 68.0 Å². The van der Waals surface area contributed by atoms with Gasteiger partial charge in [0.2, 0.25) is 5.89 Å². The van der Waals surface area contributed by atoms with E-state index in [1.165, 1.54) is 29.6 Å². The van der Waals surface area contributed by atoms with Gasteiger partial charge in [-0.2, -0.15) is 0 Å². The zero-order valence-electron chi connectivity index (χ0n) is 17.4. The summed E-state index contributed by atoms with van der Waals surface area (Å²) in [7, 11) is 0. The Morgan fingerprint density at radius 1 is 0.824 bits per heavy atom. The summed E-state index contributed by atoms with van der Waals surface area (Å²) in [5, 5.41) is 12.8. The minimum atomic E-state index is -0.388. The van der Waals surface area contributed by atoms with E-state index in [1.807, 2.05) is 36.4 Å². The quantitative estimate of drug-likeness (QED) is 0.138. The average molecular weight is 508 g/mol. The highest BCUT2D eigenvalue weighted by Gasteiger charge is 2.14. The molecule has 0 spiro atoms. The van der Waals surface area contributed by atoms with Gasteiger partial charge in [-0.15, -0.1) is 10.2 Å². The van der Waals surface area contributed by atoms with E-state index < -0.39 is 0 Å². The maximum absolute atomic E-state index is 12.1. The van der Waals surface area contributed by atoms with E-state index in [1.54, 1.807) is 18.2 Å². The molecule has 34 heavy (non-hydrogen) atoms. The SMILES string of the molecule is O=c1cc(CSc2nnc(CSc3nc4cc(Cl)ccc4o3)o2)c2c(ccc3ccccc32)o1. The molecule has 0 saturated carbocycles. The van der Waals surface area contributed by atoms with Crippen molar-refractivity contribution in [1.82, 2.24) is 15.2 Å². The molecule has 3 aromatic heterocycles. The van der Waals surface area contributed by atoms with E-state index >= 15 is 0 Å². The summed E-state index contributed by atoms with van der Waals surface area (Å²) < 4.78 is 16.9. The molecule has 6 rings (SSSR count). The predicted octanol–water partition coefficient (Wildman–Crippen LogP) is 6.71. The van der Waals surface area contributed by atoms with E-state index in [2.05, 4.69) is 15.2 Å². The van der Waals surface area contributed by atoms with Gasteiger partial charge in [0.05, 0.1) is 5.75 Å². The zero-order valence-corrected chi connectivity index (χ0v) is 19.7. The number of hydrogen-bond donors (Lipinski definition) is 0. The summed E-state index contributed by atoms with van der Waals surface area (Å²) in [4.78, 5) is 16.5. The smallest absolute Gasteiger partial charge is 0.336 e. The lowest BCUT2D eigenvalue weighted by atomic mass is 10.0.